The van der Waals surface area contributed by atoms with E-state index in [-0.39, 0.29) is 18.6 Å². The summed E-state index contributed by atoms with van der Waals surface area (Å²) in [6.45, 7) is 2.71. The van der Waals surface area contributed by atoms with E-state index in [0.29, 0.717) is 19.1 Å². The SMILES string of the molecule is CCOc1nc(NN)nc(N(C)CCO)n1. The predicted octanol–water partition coefficient (Wildman–Crippen LogP) is -1.02. The Bertz CT molecular complexity index is 334. The Balaban J connectivity index is 2.93. The lowest BCUT2D eigenvalue weighted by Gasteiger charge is -2.16. The summed E-state index contributed by atoms with van der Waals surface area (Å²) in [6, 6.07) is 0.199. The van der Waals surface area contributed by atoms with Crippen molar-refractivity contribution in [2.75, 3.05) is 37.1 Å². The first-order valence-electron chi connectivity index (χ1n) is 4.88. The van der Waals surface area contributed by atoms with Gasteiger partial charge in [0.1, 0.15) is 0 Å². The Morgan fingerprint density at radius 2 is 2.19 bits per heavy atom. The summed E-state index contributed by atoms with van der Waals surface area (Å²) in [4.78, 5) is 13.7. The summed E-state index contributed by atoms with van der Waals surface area (Å²) in [5.74, 6) is 5.84. The minimum Gasteiger partial charge on any atom is -0.464 e. The van der Waals surface area contributed by atoms with Crippen LogP contribution in [0.4, 0.5) is 11.9 Å². The van der Waals surface area contributed by atoms with Gasteiger partial charge >= 0.3 is 6.01 Å². The molecule has 1 aromatic heterocycles. The number of aliphatic hydroxyl groups is 1. The van der Waals surface area contributed by atoms with Crippen LogP contribution in [0.1, 0.15) is 6.92 Å². The summed E-state index contributed by atoms with van der Waals surface area (Å²) >= 11 is 0. The zero-order valence-electron chi connectivity index (χ0n) is 9.34. The first-order chi connectivity index (χ1) is 7.71. The molecule has 0 saturated carbocycles. The third kappa shape index (κ3) is 3.17. The summed E-state index contributed by atoms with van der Waals surface area (Å²) in [6.07, 6.45) is 0. The van der Waals surface area contributed by atoms with Gasteiger partial charge in [0, 0.05) is 13.6 Å². The Labute approximate surface area is 93.4 Å². The first-order valence-corrected chi connectivity index (χ1v) is 4.88. The molecule has 8 heteroatoms. The normalized spacial score (nSPS) is 10.0. The molecule has 0 spiro atoms. The lowest BCUT2D eigenvalue weighted by molar-refractivity contribution is 0.301. The van der Waals surface area contributed by atoms with Gasteiger partial charge in [-0.1, -0.05) is 0 Å². The zero-order valence-corrected chi connectivity index (χ0v) is 9.34. The number of ether oxygens (including phenoxy) is 1. The molecule has 0 aromatic carbocycles. The van der Waals surface area contributed by atoms with Gasteiger partial charge in [0.05, 0.1) is 13.2 Å². The highest BCUT2D eigenvalue weighted by Crippen LogP contribution is 2.12. The van der Waals surface area contributed by atoms with E-state index in [1.807, 2.05) is 6.92 Å². The Morgan fingerprint density at radius 3 is 2.75 bits per heavy atom. The van der Waals surface area contributed by atoms with Crippen LogP contribution in [0.5, 0.6) is 6.01 Å². The van der Waals surface area contributed by atoms with Crippen molar-refractivity contribution in [2.45, 2.75) is 6.92 Å². The molecule has 16 heavy (non-hydrogen) atoms. The lowest BCUT2D eigenvalue weighted by atomic mass is 10.6. The highest BCUT2D eigenvalue weighted by molar-refractivity contribution is 5.36. The van der Waals surface area contributed by atoms with Crippen molar-refractivity contribution in [3.05, 3.63) is 0 Å². The maximum Gasteiger partial charge on any atom is 0.323 e. The smallest absolute Gasteiger partial charge is 0.323 e. The van der Waals surface area contributed by atoms with Crippen molar-refractivity contribution in [2.24, 2.45) is 5.84 Å². The molecule has 4 N–H and O–H groups in total. The summed E-state index contributed by atoms with van der Waals surface area (Å²) in [5.41, 5.74) is 2.33. The molecule has 0 aliphatic rings. The third-order valence-electron chi connectivity index (χ3n) is 1.78. The molecule has 8 nitrogen and oxygen atoms in total. The van der Waals surface area contributed by atoms with Crippen molar-refractivity contribution in [3.63, 3.8) is 0 Å². The van der Waals surface area contributed by atoms with E-state index in [0.717, 1.165) is 0 Å². The molecule has 0 aliphatic heterocycles. The number of aliphatic hydroxyl groups excluding tert-OH is 1. The summed E-state index contributed by atoms with van der Waals surface area (Å²) in [5, 5.41) is 8.81. The molecule has 0 saturated heterocycles. The number of hydrogen-bond acceptors (Lipinski definition) is 8. The molecule has 0 unspecified atom stereocenters. The molecule has 0 atom stereocenters. The van der Waals surface area contributed by atoms with Gasteiger partial charge in [-0.3, -0.25) is 5.43 Å². The van der Waals surface area contributed by atoms with E-state index in [1.54, 1.807) is 11.9 Å². The number of hydrazine groups is 1. The van der Waals surface area contributed by atoms with Gasteiger partial charge in [-0.15, -0.1) is 0 Å². The van der Waals surface area contributed by atoms with E-state index < -0.39 is 0 Å². The molecule has 0 amide bonds. The number of hydrogen-bond donors (Lipinski definition) is 3. The quantitative estimate of drug-likeness (QED) is 0.419. The van der Waals surface area contributed by atoms with Gasteiger partial charge in [-0.2, -0.15) is 15.0 Å². The Morgan fingerprint density at radius 1 is 1.44 bits per heavy atom. The second kappa shape index (κ2) is 6.03. The monoisotopic (exact) mass is 228 g/mol. The molecular weight excluding hydrogens is 212 g/mol. The second-order valence-electron chi connectivity index (χ2n) is 2.96. The van der Waals surface area contributed by atoms with Crippen molar-refractivity contribution in [1.82, 2.24) is 15.0 Å². The maximum absolute atomic E-state index is 8.81. The number of nitrogens with zero attached hydrogens (tertiary/aromatic N) is 4. The van der Waals surface area contributed by atoms with Crippen LogP contribution in [0.15, 0.2) is 0 Å². The van der Waals surface area contributed by atoms with Gasteiger partial charge in [0.25, 0.3) is 0 Å². The standard InChI is InChI=1S/C8H16N6O2/c1-3-16-8-11-6(13-9)10-7(12-8)14(2)4-5-15/h15H,3-5,9H2,1-2H3,(H,10,11,12,13). The van der Waals surface area contributed by atoms with Crippen LogP contribution in [-0.2, 0) is 0 Å². The fourth-order valence-corrected chi connectivity index (χ4v) is 1.02. The zero-order chi connectivity index (χ0) is 12.0. The number of nitrogens with one attached hydrogen (secondary N) is 1. The lowest BCUT2D eigenvalue weighted by Crippen LogP contribution is -2.25. The van der Waals surface area contributed by atoms with E-state index in [2.05, 4.69) is 20.4 Å². The van der Waals surface area contributed by atoms with E-state index in [4.69, 9.17) is 15.7 Å². The molecule has 1 rings (SSSR count). The molecule has 90 valence electrons. The number of nitrogen functional groups attached to an aromatic ring is 1. The first kappa shape index (κ1) is 12.4. The van der Waals surface area contributed by atoms with Crippen LogP contribution in [0, 0.1) is 0 Å². The average molecular weight is 228 g/mol. The van der Waals surface area contributed by atoms with Crippen LogP contribution in [0.3, 0.4) is 0 Å². The van der Waals surface area contributed by atoms with Gasteiger partial charge in [-0.25, -0.2) is 5.84 Å². The number of aromatic nitrogens is 3. The van der Waals surface area contributed by atoms with E-state index in [9.17, 15) is 0 Å². The van der Waals surface area contributed by atoms with Gasteiger partial charge < -0.3 is 14.7 Å². The number of rotatable bonds is 6. The minimum absolute atomic E-state index is 0.0114. The van der Waals surface area contributed by atoms with Gasteiger partial charge in [-0.05, 0) is 6.92 Å². The molecule has 1 heterocycles. The van der Waals surface area contributed by atoms with Crippen LogP contribution >= 0.6 is 0 Å². The van der Waals surface area contributed by atoms with Crippen LogP contribution in [0.2, 0.25) is 0 Å². The number of likely N-dealkylation sites (N-methyl/N-ethyl adjacent to an activating group) is 1. The third-order valence-corrected chi connectivity index (χ3v) is 1.78. The fraction of sp³-hybridized carbons (Fsp3) is 0.625. The van der Waals surface area contributed by atoms with E-state index >= 15 is 0 Å². The molecule has 0 fully saturated rings. The van der Waals surface area contributed by atoms with Crippen molar-refractivity contribution in [3.8, 4) is 6.01 Å². The Kier molecular flexibility index (Phi) is 4.67. The van der Waals surface area contributed by atoms with Crippen molar-refractivity contribution >= 4 is 11.9 Å². The van der Waals surface area contributed by atoms with Crippen molar-refractivity contribution < 1.29 is 9.84 Å². The van der Waals surface area contributed by atoms with Crippen LogP contribution in [-0.4, -0.2) is 46.9 Å². The molecule has 1 aromatic rings. The predicted molar refractivity (Wildman–Crippen MR) is 59.2 cm³/mol. The topological polar surface area (TPSA) is 109 Å². The minimum atomic E-state index is 0.0114. The van der Waals surface area contributed by atoms with E-state index in [1.165, 1.54) is 0 Å². The number of anilines is 2. The average Bonchev–Trinajstić information content (AvgIpc) is 2.29. The largest absolute Gasteiger partial charge is 0.464 e. The number of nitrogens with two attached hydrogens (primary N) is 1. The van der Waals surface area contributed by atoms with Crippen molar-refractivity contribution in [1.29, 1.82) is 0 Å². The molecule has 0 aliphatic carbocycles. The van der Waals surface area contributed by atoms with Gasteiger partial charge in [0.15, 0.2) is 0 Å². The summed E-state index contributed by atoms with van der Waals surface area (Å²) in [7, 11) is 1.75. The van der Waals surface area contributed by atoms with Crippen LogP contribution in [0.25, 0.3) is 0 Å². The van der Waals surface area contributed by atoms with Crippen LogP contribution < -0.4 is 20.9 Å². The molecule has 0 bridgehead atoms. The highest BCUT2D eigenvalue weighted by Gasteiger charge is 2.09. The van der Waals surface area contributed by atoms with Gasteiger partial charge in [0.2, 0.25) is 11.9 Å². The second-order valence-corrected chi connectivity index (χ2v) is 2.96. The molecular formula is C8H16N6O2. The Hall–Kier alpha value is -1.67. The fourth-order valence-electron chi connectivity index (χ4n) is 1.02. The highest BCUT2D eigenvalue weighted by atomic mass is 16.5. The maximum atomic E-state index is 8.81. The summed E-state index contributed by atoms with van der Waals surface area (Å²) < 4.78 is 5.17. The molecule has 0 radical (unpaired) electrons.